The van der Waals surface area contributed by atoms with E-state index in [1.807, 2.05) is 11.3 Å². The van der Waals surface area contributed by atoms with Gasteiger partial charge < -0.3 is 57.3 Å². The van der Waals surface area contributed by atoms with E-state index in [4.69, 9.17) is 0 Å². The Kier molecular flexibility index (Phi) is 10.4. The van der Waals surface area contributed by atoms with Crippen LogP contribution in [-0.4, -0.2) is 43.6 Å². The smallest absolute Gasteiger partial charge is 0.242 e. The minimum absolute atomic E-state index is 0. The van der Waals surface area contributed by atoms with Crippen molar-refractivity contribution in [3.63, 3.8) is 0 Å². The summed E-state index contributed by atoms with van der Waals surface area (Å²) in [6.07, 6.45) is 12.8. The van der Waals surface area contributed by atoms with E-state index in [1.165, 1.54) is 28.2 Å². The number of hydrogen-bond acceptors (Lipinski definition) is 2. The number of para-hydroxylation sites is 1. The lowest BCUT2D eigenvalue weighted by molar-refractivity contribution is -0.870. The molecule has 3 rings (SSSR count). The number of rotatable bonds is 6. The van der Waals surface area contributed by atoms with Crippen LogP contribution in [0, 0.1) is 0 Å². The molecule has 0 fully saturated rings. The highest BCUT2D eigenvalue weighted by molar-refractivity contribution is 7.18. The fraction of sp³-hybridized carbons (Fsp3) is 0.364. The third kappa shape index (κ3) is 7.30. The Hall–Kier alpha value is -0.670. The molecule has 0 aliphatic carbocycles. The first-order valence-corrected chi connectivity index (χ1v) is 9.98. The van der Waals surface area contributed by atoms with Gasteiger partial charge in [0.2, 0.25) is 10.5 Å². The summed E-state index contributed by atoms with van der Waals surface area (Å²) in [4.78, 5) is 2.26. The number of benzene rings is 1. The van der Waals surface area contributed by atoms with Crippen LogP contribution < -0.4 is 52.5 Å². The second kappa shape index (κ2) is 11.5. The first-order valence-electron chi connectivity index (χ1n) is 9.17. The van der Waals surface area contributed by atoms with Crippen molar-refractivity contribution >= 4 is 21.6 Å². The third-order valence-corrected chi connectivity index (χ3v) is 5.75. The summed E-state index contributed by atoms with van der Waals surface area (Å²) in [5.74, 6) is 0. The van der Waals surface area contributed by atoms with Gasteiger partial charge in [0, 0.05) is 37.0 Å². The zero-order valence-corrected chi connectivity index (χ0v) is 22.2. The summed E-state index contributed by atoms with van der Waals surface area (Å²) in [6.45, 7) is 2.25. The van der Waals surface area contributed by atoms with E-state index in [1.54, 1.807) is 0 Å². The minimum atomic E-state index is 0. The molecule has 0 bridgehead atoms. The van der Waals surface area contributed by atoms with Crippen molar-refractivity contribution in [1.29, 1.82) is 0 Å². The maximum atomic E-state index is 3.42. The van der Waals surface area contributed by atoms with Crippen LogP contribution in [0.3, 0.4) is 0 Å². The average molecular weight is 621 g/mol. The first kappa shape index (κ1) is 25.4. The predicted molar refractivity (Wildman–Crippen MR) is 111 cm³/mol. The van der Waals surface area contributed by atoms with Gasteiger partial charge >= 0.3 is 0 Å². The summed E-state index contributed by atoms with van der Waals surface area (Å²) in [5.41, 5.74) is 5.86. The van der Waals surface area contributed by atoms with Gasteiger partial charge in [0.25, 0.3) is 0 Å². The first-order chi connectivity index (χ1) is 12.4. The van der Waals surface area contributed by atoms with Crippen LogP contribution >= 0.6 is 11.3 Å². The monoisotopic (exact) mass is 621 g/mol. The van der Waals surface area contributed by atoms with E-state index in [9.17, 15) is 0 Å². The molecule has 0 saturated carbocycles. The summed E-state index contributed by atoms with van der Waals surface area (Å²) in [6, 6.07) is 8.56. The van der Waals surface area contributed by atoms with Gasteiger partial charge in [0.05, 0.1) is 34.1 Å². The predicted octanol–water partition coefficient (Wildman–Crippen LogP) is -2.20. The molecule has 0 radical (unpaired) electrons. The van der Waals surface area contributed by atoms with Gasteiger partial charge in [-0.15, -0.1) is 5.73 Å². The zero-order valence-electron chi connectivity index (χ0n) is 17.0. The van der Waals surface area contributed by atoms with Crippen LogP contribution in [0.25, 0.3) is 10.2 Å². The molecular formula is C22H29I2N3S. The number of thiazole rings is 1. The number of halogens is 2. The molecule has 1 aromatic heterocycles. The third-order valence-electron chi connectivity index (χ3n) is 4.51. The molecule has 28 heavy (non-hydrogen) atoms. The van der Waals surface area contributed by atoms with E-state index in [2.05, 4.69) is 98.3 Å². The number of hydrogen-bond donors (Lipinski definition) is 0. The molecule has 0 saturated heterocycles. The van der Waals surface area contributed by atoms with Gasteiger partial charge in [-0.05, 0) is 24.3 Å². The SMILES string of the molecule is C[n+]1c(CC=C=C2C=CN(CCC[N+](C)(C)C)C=C2)sc2ccccc21.[I-].[I-]. The molecule has 0 amide bonds. The highest BCUT2D eigenvalue weighted by Crippen LogP contribution is 2.20. The lowest BCUT2D eigenvalue weighted by Gasteiger charge is -2.25. The van der Waals surface area contributed by atoms with Gasteiger partial charge in [0.1, 0.15) is 11.7 Å². The maximum absolute atomic E-state index is 3.42. The standard InChI is InChI=1S/C22H29N3S.2HI/c1-23-20-10-5-6-11-21(20)26-22(23)12-7-9-19-13-16-24(17-14-19)15-8-18-25(2,3)4;;/h5-7,10-11,13-14,16-17H,8,12,15,18H2,1-4H3;2*1H/q+2;;/p-2. The average Bonchev–Trinajstić information content (AvgIpc) is 2.92. The molecule has 3 nitrogen and oxygen atoms in total. The van der Waals surface area contributed by atoms with E-state index in [-0.39, 0.29) is 48.0 Å². The van der Waals surface area contributed by atoms with Crippen molar-refractivity contribution in [2.24, 2.45) is 7.05 Å². The molecule has 0 unspecified atom stereocenters. The molecule has 0 N–H and O–H groups in total. The second-order valence-corrected chi connectivity index (χ2v) is 8.88. The van der Waals surface area contributed by atoms with E-state index in [0.29, 0.717) is 0 Å². The van der Waals surface area contributed by atoms with E-state index < -0.39 is 0 Å². The van der Waals surface area contributed by atoms with Gasteiger partial charge in [0.15, 0.2) is 0 Å². The summed E-state index contributed by atoms with van der Waals surface area (Å²) < 4.78 is 4.64. The highest BCUT2D eigenvalue weighted by Gasteiger charge is 2.14. The molecule has 2 heterocycles. The van der Waals surface area contributed by atoms with Crippen molar-refractivity contribution in [2.75, 3.05) is 34.2 Å². The van der Waals surface area contributed by atoms with Gasteiger partial charge in [-0.25, -0.2) is 0 Å². The fourth-order valence-electron chi connectivity index (χ4n) is 3.02. The van der Waals surface area contributed by atoms with Crippen molar-refractivity contribution in [2.45, 2.75) is 12.8 Å². The minimum Gasteiger partial charge on any atom is -1.00 e. The Morgan fingerprint density at radius 2 is 1.79 bits per heavy atom. The topological polar surface area (TPSA) is 7.12 Å². The molecule has 1 aliphatic rings. The molecule has 1 aromatic carbocycles. The largest absolute Gasteiger partial charge is 1.00 e. The van der Waals surface area contributed by atoms with Crippen LogP contribution in [0.5, 0.6) is 0 Å². The lowest BCUT2D eigenvalue weighted by Crippen LogP contribution is -3.00. The van der Waals surface area contributed by atoms with Crippen LogP contribution in [0.1, 0.15) is 11.4 Å². The van der Waals surface area contributed by atoms with Crippen molar-refractivity contribution in [1.82, 2.24) is 4.90 Å². The Balaban J connectivity index is 0.00000196. The second-order valence-electron chi connectivity index (χ2n) is 7.77. The van der Waals surface area contributed by atoms with Gasteiger partial charge in [-0.2, -0.15) is 4.57 Å². The Bertz CT molecular complexity index is 884. The molecule has 1 aliphatic heterocycles. The highest BCUT2D eigenvalue weighted by atomic mass is 127. The number of aryl methyl sites for hydroxylation is 1. The number of allylic oxidation sites excluding steroid dienone is 3. The lowest BCUT2D eigenvalue weighted by atomic mass is 10.2. The summed E-state index contributed by atoms with van der Waals surface area (Å²) >= 11 is 1.86. The van der Waals surface area contributed by atoms with E-state index >= 15 is 0 Å². The maximum Gasteiger partial charge on any atom is 0.242 e. The Morgan fingerprint density at radius 1 is 1.11 bits per heavy atom. The summed E-state index contributed by atoms with van der Waals surface area (Å²) in [7, 11) is 8.86. The van der Waals surface area contributed by atoms with Crippen LogP contribution in [0.15, 0.2) is 66.2 Å². The van der Waals surface area contributed by atoms with Gasteiger partial charge in [-0.1, -0.05) is 23.5 Å². The number of nitrogens with zero attached hydrogens (tertiary/aromatic N) is 3. The van der Waals surface area contributed by atoms with Crippen LogP contribution in [-0.2, 0) is 13.5 Å². The van der Waals surface area contributed by atoms with Crippen molar-refractivity contribution < 1.29 is 57.0 Å². The quantitative estimate of drug-likeness (QED) is 0.154. The fourth-order valence-corrected chi connectivity index (χ4v) is 4.13. The Morgan fingerprint density at radius 3 is 2.43 bits per heavy atom. The molecule has 6 heteroatoms. The van der Waals surface area contributed by atoms with Crippen molar-refractivity contribution in [3.8, 4) is 0 Å². The van der Waals surface area contributed by atoms with Gasteiger partial charge in [-0.3, -0.25) is 0 Å². The molecule has 0 atom stereocenters. The molecule has 152 valence electrons. The number of aromatic nitrogens is 1. The molecule has 0 spiro atoms. The summed E-state index contributed by atoms with van der Waals surface area (Å²) in [5, 5.41) is 1.35. The van der Waals surface area contributed by atoms with Crippen LogP contribution in [0.2, 0.25) is 0 Å². The van der Waals surface area contributed by atoms with Crippen molar-refractivity contribution in [3.05, 3.63) is 71.2 Å². The number of quaternary nitrogens is 1. The molecule has 2 aromatic rings. The molecular weight excluding hydrogens is 592 g/mol. The van der Waals surface area contributed by atoms with E-state index in [0.717, 1.165) is 23.0 Å². The Labute approximate surface area is 207 Å². The zero-order chi connectivity index (χ0) is 18.6. The normalized spacial score (nSPS) is 13.1. The number of fused-ring (bicyclic) bond motifs is 1. The van der Waals surface area contributed by atoms with Crippen LogP contribution in [0.4, 0.5) is 0 Å².